The van der Waals surface area contributed by atoms with Gasteiger partial charge in [0.25, 0.3) is 0 Å². The molecule has 45 heavy (non-hydrogen) atoms. The summed E-state index contributed by atoms with van der Waals surface area (Å²) in [7, 11) is -3.45. The Morgan fingerprint density at radius 2 is 1.80 bits per heavy atom. The van der Waals surface area contributed by atoms with Crippen LogP contribution in [0.3, 0.4) is 0 Å². The first-order valence-corrected chi connectivity index (χ1v) is 17.5. The molecule has 2 saturated heterocycles. The van der Waals surface area contributed by atoms with E-state index in [2.05, 4.69) is 52.4 Å². The third kappa shape index (κ3) is 6.01. The van der Waals surface area contributed by atoms with Gasteiger partial charge in [-0.15, -0.1) is 0 Å². The molecule has 0 bridgehead atoms. The molecular formula is C31H39FN10O2S. The van der Waals surface area contributed by atoms with Crippen molar-refractivity contribution in [3.8, 4) is 0 Å². The van der Waals surface area contributed by atoms with Gasteiger partial charge < -0.3 is 20.4 Å². The number of halogens is 1. The van der Waals surface area contributed by atoms with Crippen molar-refractivity contribution in [1.82, 2.24) is 30.0 Å². The van der Waals surface area contributed by atoms with Gasteiger partial charge in [0.1, 0.15) is 11.6 Å². The van der Waals surface area contributed by atoms with Crippen LogP contribution in [-0.2, 0) is 16.4 Å². The van der Waals surface area contributed by atoms with Crippen molar-refractivity contribution in [1.29, 1.82) is 0 Å². The second kappa shape index (κ2) is 12.1. The molecule has 2 aromatic heterocycles. The number of piperidine rings is 1. The largest absolute Gasteiger partial charge is 0.369 e. The molecule has 0 saturated carbocycles. The van der Waals surface area contributed by atoms with Crippen LogP contribution in [0.5, 0.6) is 0 Å². The van der Waals surface area contributed by atoms with Crippen LogP contribution in [-0.4, -0.2) is 103 Å². The van der Waals surface area contributed by atoms with Crippen LogP contribution in [0.4, 0.5) is 38.9 Å². The highest BCUT2D eigenvalue weighted by Gasteiger charge is 2.30. The number of aromatic amines is 1. The fourth-order valence-electron chi connectivity index (χ4n) is 6.85. The average Bonchev–Trinajstić information content (AvgIpc) is 3.70. The summed E-state index contributed by atoms with van der Waals surface area (Å²) in [5.74, 6) is 0.399. The number of benzene rings is 2. The second-order valence-corrected chi connectivity index (χ2v) is 13.9. The monoisotopic (exact) mass is 634 g/mol. The van der Waals surface area contributed by atoms with Gasteiger partial charge in [-0.1, -0.05) is 19.1 Å². The first kappa shape index (κ1) is 29.7. The van der Waals surface area contributed by atoms with Gasteiger partial charge in [0.15, 0.2) is 5.65 Å². The third-order valence-electron chi connectivity index (χ3n) is 9.30. The van der Waals surface area contributed by atoms with E-state index in [1.54, 1.807) is 6.20 Å². The molecule has 12 nitrogen and oxygen atoms in total. The first-order chi connectivity index (χ1) is 21.8. The number of H-pyrrole nitrogens is 1. The highest BCUT2D eigenvalue weighted by atomic mass is 32.2. The van der Waals surface area contributed by atoms with E-state index in [9.17, 15) is 8.42 Å². The van der Waals surface area contributed by atoms with Crippen LogP contribution in [0, 0.1) is 5.82 Å². The number of para-hydroxylation sites is 1. The highest BCUT2D eigenvalue weighted by Crippen LogP contribution is 2.39. The van der Waals surface area contributed by atoms with Crippen LogP contribution in [0.2, 0.25) is 0 Å². The number of rotatable bonds is 8. The third-order valence-corrected chi connectivity index (χ3v) is 10.5. The molecular weight excluding hydrogens is 595 g/mol. The van der Waals surface area contributed by atoms with Crippen molar-refractivity contribution < 1.29 is 12.8 Å². The topological polar surface area (TPSA) is 126 Å². The maximum Gasteiger partial charge on any atom is 0.232 e. The fraction of sp³-hybridized carbons (Fsp3) is 0.452. The van der Waals surface area contributed by atoms with Gasteiger partial charge >= 0.3 is 0 Å². The summed E-state index contributed by atoms with van der Waals surface area (Å²) >= 11 is 0. The number of hydrogen-bond donors (Lipinski definition) is 3. The summed E-state index contributed by atoms with van der Waals surface area (Å²) in [6, 6.07) is 11.4. The van der Waals surface area contributed by atoms with E-state index < -0.39 is 10.0 Å². The van der Waals surface area contributed by atoms with Gasteiger partial charge in [-0.2, -0.15) is 15.1 Å². The molecule has 0 radical (unpaired) electrons. The number of hydrogen-bond acceptors (Lipinski definition) is 10. The molecule has 4 aromatic rings. The summed E-state index contributed by atoms with van der Waals surface area (Å²) in [6.07, 6.45) is 5.52. The molecule has 3 N–H and O–H groups in total. The average molecular weight is 635 g/mol. The van der Waals surface area contributed by atoms with Gasteiger partial charge in [-0.3, -0.25) is 14.3 Å². The van der Waals surface area contributed by atoms with Crippen molar-refractivity contribution >= 4 is 55.6 Å². The van der Waals surface area contributed by atoms with Crippen molar-refractivity contribution in [3.05, 3.63) is 54.0 Å². The van der Waals surface area contributed by atoms with Crippen LogP contribution >= 0.6 is 0 Å². The lowest BCUT2D eigenvalue weighted by Gasteiger charge is -2.43. The lowest BCUT2D eigenvalue weighted by atomic mass is 10.0. The predicted octanol–water partition coefficient (Wildman–Crippen LogP) is 3.91. The van der Waals surface area contributed by atoms with E-state index >= 15 is 4.39 Å². The molecule has 2 fully saturated rings. The number of fused-ring (bicyclic) bond motifs is 2. The Kier molecular flexibility index (Phi) is 7.96. The molecule has 0 spiro atoms. The number of sulfonamides is 1. The fourth-order valence-corrected chi connectivity index (χ4v) is 7.82. The quantitative estimate of drug-likeness (QED) is 0.263. The summed E-state index contributed by atoms with van der Waals surface area (Å²) in [5.41, 5.74) is 3.79. The zero-order valence-electron chi connectivity index (χ0n) is 25.6. The Bertz CT molecular complexity index is 1800. The van der Waals surface area contributed by atoms with E-state index in [1.807, 2.05) is 30.3 Å². The zero-order valence-corrected chi connectivity index (χ0v) is 26.4. The van der Waals surface area contributed by atoms with Crippen LogP contribution in [0.15, 0.2) is 42.6 Å². The number of anilines is 6. The van der Waals surface area contributed by atoms with Gasteiger partial charge in [0.05, 0.1) is 34.9 Å². The summed E-state index contributed by atoms with van der Waals surface area (Å²) < 4.78 is 41.9. The number of aromatic nitrogens is 4. The molecule has 0 aliphatic carbocycles. The number of nitrogens with one attached hydrogen (secondary N) is 3. The van der Waals surface area contributed by atoms with Crippen LogP contribution in [0.25, 0.3) is 11.0 Å². The zero-order chi connectivity index (χ0) is 31.1. The minimum absolute atomic E-state index is 0.248. The van der Waals surface area contributed by atoms with E-state index in [-0.39, 0.29) is 11.8 Å². The molecule has 0 unspecified atom stereocenters. The van der Waals surface area contributed by atoms with Crippen molar-refractivity contribution in [3.63, 3.8) is 0 Å². The summed E-state index contributed by atoms with van der Waals surface area (Å²) in [6.45, 7) is 9.87. The SMILES string of the molecule is CCN1CCN(C2CCN(c3ccc(Nc4nc(Nc5cccc6c5N(S(C)(=O)=O)CC6)c5cn[nH]c5n4)cc3F)CC2)CC1. The Labute approximate surface area is 262 Å². The highest BCUT2D eigenvalue weighted by molar-refractivity contribution is 7.92. The standard InChI is InChI=1S/C31H39FN10O2S/c1-3-39-15-17-40(18-16-39)23-10-12-41(13-11-23)27-8-7-22(19-25(27)32)34-31-36-29(24-20-33-38-30(24)37-31)35-26-6-4-5-21-9-14-42(28(21)26)45(2,43)44/h4-8,19-20,23H,3,9-18H2,1-2H3,(H3,33,34,35,36,37,38). The summed E-state index contributed by atoms with van der Waals surface area (Å²) in [5, 5.41) is 14.1. The maximum atomic E-state index is 15.5. The van der Waals surface area contributed by atoms with E-state index in [4.69, 9.17) is 0 Å². The van der Waals surface area contributed by atoms with Gasteiger partial charge in [0.2, 0.25) is 16.0 Å². The smallest absolute Gasteiger partial charge is 0.232 e. The minimum atomic E-state index is -3.45. The van der Waals surface area contributed by atoms with E-state index in [1.165, 1.54) is 16.6 Å². The number of piperazine rings is 1. The molecule has 0 amide bonds. The predicted molar refractivity (Wildman–Crippen MR) is 176 cm³/mol. The Morgan fingerprint density at radius 1 is 1.00 bits per heavy atom. The van der Waals surface area contributed by atoms with Crippen molar-refractivity contribution in [2.24, 2.45) is 0 Å². The molecule has 0 atom stereocenters. The van der Waals surface area contributed by atoms with Gasteiger partial charge in [-0.25, -0.2) is 12.8 Å². The normalized spacial score (nSPS) is 18.5. The van der Waals surface area contributed by atoms with Crippen LogP contribution < -0.4 is 19.8 Å². The molecule has 2 aromatic carbocycles. The molecule has 5 heterocycles. The lowest BCUT2D eigenvalue weighted by Crippen LogP contribution is -2.53. The van der Waals surface area contributed by atoms with Crippen molar-refractivity contribution in [2.75, 3.05) is 78.5 Å². The molecule has 14 heteroatoms. The second-order valence-electron chi connectivity index (χ2n) is 12.0. The molecule has 3 aliphatic rings. The first-order valence-electron chi connectivity index (χ1n) is 15.6. The molecule has 3 aliphatic heterocycles. The lowest BCUT2D eigenvalue weighted by molar-refractivity contribution is 0.0878. The van der Waals surface area contributed by atoms with Gasteiger partial charge in [0, 0.05) is 57.5 Å². The number of likely N-dealkylation sites (N-methyl/N-ethyl adjacent to an activating group) is 1. The maximum absolute atomic E-state index is 15.5. The molecule has 238 valence electrons. The Morgan fingerprint density at radius 3 is 2.53 bits per heavy atom. The van der Waals surface area contributed by atoms with E-state index in [0.717, 1.165) is 64.2 Å². The minimum Gasteiger partial charge on any atom is -0.369 e. The van der Waals surface area contributed by atoms with Crippen LogP contribution in [0.1, 0.15) is 25.3 Å². The summed E-state index contributed by atoms with van der Waals surface area (Å²) in [4.78, 5) is 16.5. The molecule has 7 rings (SSSR count). The van der Waals surface area contributed by atoms with E-state index in [0.29, 0.717) is 58.6 Å². The van der Waals surface area contributed by atoms with Gasteiger partial charge in [-0.05, 0) is 55.6 Å². The Hall–Kier alpha value is -4.01. The Balaban J connectivity index is 1.06. The van der Waals surface area contributed by atoms with Crippen molar-refractivity contribution in [2.45, 2.75) is 32.2 Å². The number of nitrogens with zero attached hydrogens (tertiary/aromatic N) is 7.